The molecule has 168 valence electrons. The monoisotopic (exact) mass is 440 g/mol. The van der Waals surface area contributed by atoms with Crippen molar-refractivity contribution >= 4 is 6.03 Å². The van der Waals surface area contributed by atoms with Crippen LogP contribution in [0.15, 0.2) is 79.3 Å². The lowest BCUT2D eigenvalue weighted by Gasteiger charge is -2.24. The van der Waals surface area contributed by atoms with Gasteiger partial charge >= 0.3 is 6.03 Å². The van der Waals surface area contributed by atoms with Crippen molar-refractivity contribution in [1.29, 1.82) is 0 Å². The first-order valence-electron chi connectivity index (χ1n) is 11.5. The second-order valence-electron chi connectivity index (χ2n) is 8.41. The summed E-state index contributed by atoms with van der Waals surface area (Å²) in [6, 6.07) is 20.2. The van der Waals surface area contributed by atoms with Gasteiger partial charge in [-0.1, -0.05) is 48.5 Å². The Hall–Kier alpha value is -3.87. The Morgan fingerprint density at radius 3 is 2.58 bits per heavy atom. The molecule has 2 amide bonds. The lowest BCUT2D eigenvalue weighted by Crippen LogP contribution is -2.39. The number of hydrogen-bond donors (Lipinski definition) is 2. The molecular formula is C26H28N6O. The van der Waals surface area contributed by atoms with Gasteiger partial charge in [0.15, 0.2) is 0 Å². The van der Waals surface area contributed by atoms with Crippen LogP contribution in [-0.4, -0.2) is 32.1 Å². The minimum absolute atomic E-state index is 0.000830. The van der Waals surface area contributed by atoms with Crippen molar-refractivity contribution in [2.24, 2.45) is 0 Å². The van der Waals surface area contributed by atoms with Crippen LogP contribution in [0.3, 0.4) is 0 Å². The van der Waals surface area contributed by atoms with E-state index in [0.717, 1.165) is 49.0 Å². The van der Waals surface area contributed by atoms with E-state index in [2.05, 4.69) is 37.6 Å². The number of carbonyl (C=O) groups excluding carboxylic acids is 1. The van der Waals surface area contributed by atoms with Crippen molar-refractivity contribution in [2.75, 3.05) is 6.54 Å². The van der Waals surface area contributed by atoms with Crippen molar-refractivity contribution in [2.45, 2.75) is 38.3 Å². The molecule has 4 aromatic rings. The molecule has 7 nitrogen and oxygen atoms in total. The van der Waals surface area contributed by atoms with Gasteiger partial charge in [-0.3, -0.25) is 4.68 Å². The maximum absolute atomic E-state index is 12.6. The molecule has 1 aliphatic rings. The average molecular weight is 441 g/mol. The van der Waals surface area contributed by atoms with Gasteiger partial charge in [-0.15, -0.1) is 0 Å². The maximum atomic E-state index is 12.6. The van der Waals surface area contributed by atoms with Crippen LogP contribution in [0.5, 0.6) is 0 Å². The number of para-hydroxylation sites is 1. The Morgan fingerprint density at radius 1 is 0.970 bits per heavy atom. The first-order valence-corrected chi connectivity index (χ1v) is 11.5. The standard InChI is InChI=1S/C26H28N6O/c33-26(27-15-14-21-16-28-31(19-21)22-10-5-2-6-11-22)30-24-12-7-13-25-23(24)17-29-32(25)18-20-8-3-1-4-9-20/h1-6,8-11,16-17,19,24H,7,12-15,18H2,(H2,27,30,33). The van der Waals surface area contributed by atoms with Crippen LogP contribution in [0.4, 0.5) is 4.79 Å². The van der Waals surface area contributed by atoms with E-state index in [1.807, 2.05) is 71.8 Å². The van der Waals surface area contributed by atoms with E-state index in [-0.39, 0.29) is 12.1 Å². The summed E-state index contributed by atoms with van der Waals surface area (Å²) in [5.41, 5.74) is 5.70. The van der Waals surface area contributed by atoms with Crippen LogP contribution in [0, 0.1) is 0 Å². The second kappa shape index (κ2) is 9.73. The summed E-state index contributed by atoms with van der Waals surface area (Å²) in [6.45, 7) is 1.31. The highest BCUT2D eigenvalue weighted by Crippen LogP contribution is 2.29. The molecule has 5 rings (SSSR count). The number of fused-ring (bicyclic) bond motifs is 1. The summed E-state index contributed by atoms with van der Waals surface area (Å²) < 4.78 is 3.92. The van der Waals surface area contributed by atoms with Gasteiger partial charge in [0.25, 0.3) is 0 Å². The van der Waals surface area contributed by atoms with Crippen LogP contribution in [-0.2, 0) is 19.4 Å². The molecule has 1 atom stereocenters. The number of amides is 2. The molecule has 0 spiro atoms. The van der Waals surface area contributed by atoms with E-state index in [4.69, 9.17) is 0 Å². The van der Waals surface area contributed by atoms with Gasteiger partial charge in [-0.2, -0.15) is 10.2 Å². The Balaban J connectivity index is 1.14. The van der Waals surface area contributed by atoms with Crippen LogP contribution < -0.4 is 10.6 Å². The summed E-state index contributed by atoms with van der Waals surface area (Å²) in [5, 5.41) is 15.2. The number of rotatable bonds is 7. The zero-order valence-corrected chi connectivity index (χ0v) is 18.5. The van der Waals surface area contributed by atoms with Crippen molar-refractivity contribution in [1.82, 2.24) is 30.2 Å². The molecule has 33 heavy (non-hydrogen) atoms. The van der Waals surface area contributed by atoms with Gasteiger partial charge in [-0.25, -0.2) is 9.48 Å². The molecule has 0 fully saturated rings. The third-order valence-corrected chi connectivity index (χ3v) is 6.10. The predicted molar refractivity (Wildman–Crippen MR) is 127 cm³/mol. The number of benzene rings is 2. The first kappa shape index (κ1) is 21.0. The summed E-state index contributed by atoms with van der Waals surface area (Å²) >= 11 is 0. The van der Waals surface area contributed by atoms with Gasteiger partial charge in [-0.05, 0) is 48.9 Å². The van der Waals surface area contributed by atoms with E-state index in [0.29, 0.717) is 6.54 Å². The highest BCUT2D eigenvalue weighted by atomic mass is 16.2. The van der Waals surface area contributed by atoms with Gasteiger partial charge in [0.05, 0.1) is 30.7 Å². The Morgan fingerprint density at radius 2 is 1.76 bits per heavy atom. The normalized spacial score (nSPS) is 15.1. The molecule has 2 aromatic heterocycles. The summed E-state index contributed by atoms with van der Waals surface area (Å²) in [7, 11) is 0. The van der Waals surface area contributed by atoms with E-state index in [9.17, 15) is 4.79 Å². The molecule has 7 heteroatoms. The number of hydrogen-bond acceptors (Lipinski definition) is 3. The molecule has 2 heterocycles. The Labute approximate surface area is 193 Å². The smallest absolute Gasteiger partial charge is 0.315 e. The van der Waals surface area contributed by atoms with Crippen LogP contribution in [0.1, 0.15) is 41.3 Å². The molecule has 0 aliphatic heterocycles. The molecule has 0 saturated heterocycles. The van der Waals surface area contributed by atoms with Crippen molar-refractivity contribution < 1.29 is 4.79 Å². The fourth-order valence-corrected chi connectivity index (χ4v) is 4.40. The lowest BCUT2D eigenvalue weighted by molar-refractivity contribution is 0.235. The molecule has 2 aromatic carbocycles. The SMILES string of the molecule is O=C(NCCc1cnn(-c2ccccc2)c1)NC1CCCc2c1cnn2Cc1ccccc1. The number of aromatic nitrogens is 4. The van der Waals surface area contributed by atoms with E-state index in [1.165, 1.54) is 11.3 Å². The van der Waals surface area contributed by atoms with Gasteiger partial charge < -0.3 is 10.6 Å². The second-order valence-corrected chi connectivity index (χ2v) is 8.41. The van der Waals surface area contributed by atoms with Crippen molar-refractivity contribution in [3.8, 4) is 5.69 Å². The largest absolute Gasteiger partial charge is 0.338 e. The van der Waals surface area contributed by atoms with Gasteiger partial charge in [0, 0.05) is 24.0 Å². The summed E-state index contributed by atoms with van der Waals surface area (Å²) in [5.74, 6) is 0. The molecule has 1 aliphatic carbocycles. The minimum atomic E-state index is -0.140. The van der Waals surface area contributed by atoms with Crippen molar-refractivity contribution in [3.05, 3.63) is 102 Å². The number of nitrogens with zero attached hydrogens (tertiary/aromatic N) is 4. The summed E-state index contributed by atoms with van der Waals surface area (Å²) in [4.78, 5) is 12.6. The molecule has 0 bridgehead atoms. The average Bonchev–Trinajstić information content (AvgIpc) is 3.49. The fourth-order valence-electron chi connectivity index (χ4n) is 4.40. The van der Waals surface area contributed by atoms with Crippen LogP contribution >= 0.6 is 0 Å². The van der Waals surface area contributed by atoms with E-state index in [1.54, 1.807) is 0 Å². The Bertz CT molecular complexity index is 1200. The quantitative estimate of drug-likeness (QED) is 0.455. The predicted octanol–water partition coefficient (Wildman–Crippen LogP) is 4.04. The highest BCUT2D eigenvalue weighted by molar-refractivity contribution is 5.74. The Kier molecular flexibility index (Phi) is 6.19. The molecule has 2 N–H and O–H groups in total. The lowest BCUT2D eigenvalue weighted by atomic mass is 9.93. The van der Waals surface area contributed by atoms with Crippen LogP contribution in [0.25, 0.3) is 5.69 Å². The molecule has 1 unspecified atom stereocenters. The van der Waals surface area contributed by atoms with Gasteiger partial charge in [0.2, 0.25) is 0 Å². The zero-order chi connectivity index (χ0) is 22.5. The van der Waals surface area contributed by atoms with Crippen LogP contribution in [0.2, 0.25) is 0 Å². The molecular weight excluding hydrogens is 412 g/mol. The number of nitrogens with one attached hydrogen (secondary N) is 2. The molecule has 0 saturated carbocycles. The molecule has 0 radical (unpaired) electrons. The van der Waals surface area contributed by atoms with E-state index >= 15 is 0 Å². The fraction of sp³-hybridized carbons (Fsp3) is 0.269. The third-order valence-electron chi connectivity index (χ3n) is 6.10. The van der Waals surface area contributed by atoms with Gasteiger partial charge in [0.1, 0.15) is 0 Å². The topological polar surface area (TPSA) is 76.8 Å². The maximum Gasteiger partial charge on any atom is 0.315 e. The highest BCUT2D eigenvalue weighted by Gasteiger charge is 2.25. The zero-order valence-electron chi connectivity index (χ0n) is 18.5. The van der Waals surface area contributed by atoms with Crippen molar-refractivity contribution in [3.63, 3.8) is 0 Å². The third kappa shape index (κ3) is 4.98. The minimum Gasteiger partial charge on any atom is -0.338 e. The first-order chi connectivity index (χ1) is 16.3. The summed E-state index contributed by atoms with van der Waals surface area (Å²) in [6.07, 6.45) is 9.46. The number of carbonyl (C=O) groups is 1. The van der Waals surface area contributed by atoms with E-state index < -0.39 is 0 Å². The number of urea groups is 1.